The lowest BCUT2D eigenvalue weighted by Crippen LogP contribution is -2.12. The molecule has 1 aliphatic rings. The summed E-state index contributed by atoms with van der Waals surface area (Å²) in [6.45, 7) is 0. The Hall–Kier alpha value is -1.42. The molecule has 0 amide bonds. The lowest BCUT2D eigenvalue weighted by Gasteiger charge is -2.11. The van der Waals surface area contributed by atoms with Gasteiger partial charge in [0.2, 0.25) is 0 Å². The number of benzene rings is 1. The van der Waals surface area contributed by atoms with Crippen LogP contribution < -0.4 is 0 Å². The number of aromatic hydroxyl groups is 1. The Morgan fingerprint density at radius 2 is 1.80 bits per heavy atom. The first-order valence-corrected chi connectivity index (χ1v) is 5.44. The van der Waals surface area contributed by atoms with Crippen molar-refractivity contribution in [2.24, 2.45) is 0 Å². The van der Waals surface area contributed by atoms with Gasteiger partial charge >= 0.3 is 0 Å². The van der Waals surface area contributed by atoms with Gasteiger partial charge in [-0.3, -0.25) is 9.59 Å². The number of phenols is 1. The maximum atomic E-state index is 11.5. The first kappa shape index (κ1) is 10.1. The van der Waals surface area contributed by atoms with Crippen molar-refractivity contribution in [1.29, 1.82) is 0 Å². The van der Waals surface area contributed by atoms with Crippen molar-refractivity contribution in [3.8, 4) is 5.75 Å². The molecule has 0 radical (unpaired) electrons. The van der Waals surface area contributed by atoms with Crippen LogP contribution in [0, 0.1) is 0 Å². The van der Waals surface area contributed by atoms with Gasteiger partial charge < -0.3 is 5.11 Å². The van der Waals surface area contributed by atoms with E-state index in [0.717, 1.165) is 5.56 Å². The van der Waals surface area contributed by atoms with Crippen LogP contribution in [0.5, 0.6) is 5.75 Å². The van der Waals surface area contributed by atoms with Crippen molar-refractivity contribution in [3.63, 3.8) is 0 Å². The van der Waals surface area contributed by atoms with Crippen LogP contribution in [0.25, 0.3) is 0 Å². The summed E-state index contributed by atoms with van der Waals surface area (Å²) in [6.07, 6.45) is 2.40. The quantitative estimate of drug-likeness (QED) is 0.794. The van der Waals surface area contributed by atoms with Crippen molar-refractivity contribution < 1.29 is 14.7 Å². The fourth-order valence-corrected chi connectivity index (χ4v) is 1.86. The van der Waals surface area contributed by atoms with Gasteiger partial charge in [0.25, 0.3) is 0 Å². The maximum Gasteiger partial charge on any atom is 0.190 e. The van der Waals surface area contributed by atoms with Crippen LogP contribution in [0.2, 0.25) is 0 Å². The van der Waals surface area contributed by atoms with E-state index in [0.29, 0.717) is 5.33 Å². The molecule has 0 fully saturated rings. The van der Waals surface area contributed by atoms with E-state index in [4.69, 9.17) is 0 Å². The molecule has 1 aromatic rings. The molecule has 2 rings (SSSR count). The Bertz CT molecular complexity index is 489. The minimum absolute atomic E-state index is 0.104. The number of rotatable bonds is 1. The van der Waals surface area contributed by atoms with Gasteiger partial charge in [0.1, 0.15) is 5.75 Å². The van der Waals surface area contributed by atoms with Crippen LogP contribution in [0.3, 0.4) is 0 Å². The highest BCUT2D eigenvalue weighted by atomic mass is 79.9. The molecule has 0 spiro atoms. The van der Waals surface area contributed by atoms with Gasteiger partial charge in [-0.2, -0.15) is 0 Å². The first-order valence-electron chi connectivity index (χ1n) is 4.32. The number of ketones is 2. The summed E-state index contributed by atoms with van der Waals surface area (Å²) in [4.78, 5) is 22.9. The number of carbonyl (C=O) groups is 2. The molecule has 0 saturated carbocycles. The zero-order valence-electron chi connectivity index (χ0n) is 7.66. The van der Waals surface area contributed by atoms with Crippen LogP contribution in [0.1, 0.15) is 26.3 Å². The number of hydrogen-bond donors (Lipinski definition) is 1. The second kappa shape index (κ2) is 3.62. The lowest BCUT2D eigenvalue weighted by atomic mass is 9.92. The van der Waals surface area contributed by atoms with Crippen LogP contribution in [0.4, 0.5) is 0 Å². The number of phenolic OH excluding ortho intramolecular Hbond substituents is 1. The fourth-order valence-electron chi connectivity index (χ4n) is 1.54. The number of fused-ring (bicyclic) bond motifs is 1. The zero-order valence-corrected chi connectivity index (χ0v) is 9.24. The largest absolute Gasteiger partial charge is 0.507 e. The third-order valence-electron chi connectivity index (χ3n) is 2.23. The molecule has 3 nitrogen and oxygen atoms in total. The van der Waals surface area contributed by atoms with E-state index in [2.05, 4.69) is 15.9 Å². The summed E-state index contributed by atoms with van der Waals surface area (Å²) in [5, 5.41) is 10.2. The monoisotopic (exact) mass is 266 g/mol. The molecular formula is C11H7BrO3. The summed E-state index contributed by atoms with van der Waals surface area (Å²) < 4.78 is 0. The van der Waals surface area contributed by atoms with Crippen LogP contribution in [-0.4, -0.2) is 16.7 Å². The average molecular weight is 267 g/mol. The topological polar surface area (TPSA) is 54.4 Å². The molecule has 15 heavy (non-hydrogen) atoms. The van der Waals surface area contributed by atoms with E-state index in [-0.39, 0.29) is 28.4 Å². The maximum absolute atomic E-state index is 11.5. The summed E-state index contributed by atoms with van der Waals surface area (Å²) in [5.41, 5.74) is 1.15. The molecule has 0 heterocycles. The Balaban J connectivity index is 2.71. The number of halogens is 1. The van der Waals surface area contributed by atoms with Crippen molar-refractivity contribution in [1.82, 2.24) is 0 Å². The molecule has 1 aromatic carbocycles. The van der Waals surface area contributed by atoms with Gasteiger partial charge in [-0.05, 0) is 29.8 Å². The molecule has 4 heteroatoms. The second-order valence-electron chi connectivity index (χ2n) is 3.23. The second-order valence-corrected chi connectivity index (χ2v) is 3.79. The van der Waals surface area contributed by atoms with E-state index in [1.54, 1.807) is 6.07 Å². The molecule has 0 aliphatic heterocycles. The summed E-state index contributed by atoms with van der Waals surface area (Å²) in [6, 6.07) is 3.10. The minimum Gasteiger partial charge on any atom is -0.507 e. The van der Waals surface area contributed by atoms with E-state index in [1.807, 2.05) is 0 Å². The molecule has 0 atom stereocenters. The van der Waals surface area contributed by atoms with Crippen LogP contribution in [-0.2, 0) is 5.33 Å². The SMILES string of the molecule is O=C1C=CC(=O)c2c(O)cc(CBr)cc21. The van der Waals surface area contributed by atoms with Gasteiger partial charge in [0.15, 0.2) is 11.6 Å². The lowest BCUT2D eigenvalue weighted by molar-refractivity contribution is 0.0991. The summed E-state index contributed by atoms with van der Waals surface area (Å²) in [5.74, 6) is -0.712. The molecule has 76 valence electrons. The predicted octanol–water partition coefficient (Wildman–Crippen LogP) is 2.22. The normalized spacial score (nSPS) is 14.2. The third-order valence-corrected chi connectivity index (χ3v) is 2.88. The van der Waals surface area contributed by atoms with Crippen molar-refractivity contribution in [2.75, 3.05) is 0 Å². The van der Waals surface area contributed by atoms with Gasteiger partial charge in [-0.1, -0.05) is 15.9 Å². The van der Waals surface area contributed by atoms with Crippen molar-refractivity contribution in [3.05, 3.63) is 41.0 Å². The van der Waals surface area contributed by atoms with E-state index in [1.165, 1.54) is 18.2 Å². The van der Waals surface area contributed by atoms with Gasteiger partial charge in [0.05, 0.1) is 5.56 Å². The smallest absolute Gasteiger partial charge is 0.190 e. The standard InChI is InChI=1S/C11H7BrO3/c12-5-6-3-7-8(13)1-2-9(14)11(7)10(15)4-6/h1-4,15H,5H2. The van der Waals surface area contributed by atoms with Crippen molar-refractivity contribution in [2.45, 2.75) is 5.33 Å². The molecule has 0 bridgehead atoms. The first-order chi connectivity index (χ1) is 7.13. The zero-order chi connectivity index (χ0) is 11.0. The molecular weight excluding hydrogens is 260 g/mol. The van der Waals surface area contributed by atoms with E-state index >= 15 is 0 Å². The molecule has 1 N–H and O–H groups in total. The highest BCUT2D eigenvalue weighted by Crippen LogP contribution is 2.28. The fraction of sp³-hybridized carbons (Fsp3) is 0.0909. The molecule has 0 aromatic heterocycles. The van der Waals surface area contributed by atoms with Gasteiger partial charge in [0, 0.05) is 10.9 Å². The van der Waals surface area contributed by atoms with E-state index < -0.39 is 0 Å². The van der Waals surface area contributed by atoms with Crippen LogP contribution >= 0.6 is 15.9 Å². The summed E-state index contributed by atoms with van der Waals surface area (Å²) in [7, 11) is 0. The Morgan fingerprint density at radius 1 is 1.13 bits per heavy atom. The molecule has 0 saturated heterocycles. The minimum atomic E-state index is -0.330. The summed E-state index contributed by atoms with van der Waals surface area (Å²) >= 11 is 3.23. The van der Waals surface area contributed by atoms with Crippen LogP contribution in [0.15, 0.2) is 24.3 Å². The number of alkyl halides is 1. The number of allylic oxidation sites excluding steroid dienone is 2. The Kier molecular flexibility index (Phi) is 2.44. The Morgan fingerprint density at radius 3 is 2.47 bits per heavy atom. The average Bonchev–Trinajstić information content (AvgIpc) is 2.23. The highest BCUT2D eigenvalue weighted by molar-refractivity contribution is 9.08. The van der Waals surface area contributed by atoms with E-state index in [9.17, 15) is 14.7 Å². The highest BCUT2D eigenvalue weighted by Gasteiger charge is 2.23. The Labute approximate surface area is 94.5 Å². The molecule has 1 aliphatic carbocycles. The third kappa shape index (κ3) is 1.61. The van der Waals surface area contributed by atoms with Gasteiger partial charge in [-0.15, -0.1) is 0 Å². The molecule has 0 unspecified atom stereocenters. The van der Waals surface area contributed by atoms with Crippen molar-refractivity contribution >= 4 is 27.5 Å². The van der Waals surface area contributed by atoms with Gasteiger partial charge in [-0.25, -0.2) is 0 Å². The predicted molar refractivity (Wildman–Crippen MR) is 58.5 cm³/mol. The number of hydrogen-bond acceptors (Lipinski definition) is 3. The number of carbonyl (C=O) groups excluding carboxylic acids is 2.